The molecule has 0 fully saturated rings. The Morgan fingerprint density at radius 1 is 1.25 bits per heavy atom. The van der Waals surface area contributed by atoms with E-state index in [9.17, 15) is 9.50 Å². The number of halogens is 2. The number of nitrogens with one attached hydrogen (secondary N) is 1. The summed E-state index contributed by atoms with van der Waals surface area (Å²) in [7, 11) is 1.51. The molecule has 3 nitrogen and oxygen atoms in total. The molecule has 0 amide bonds. The van der Waals surface area contributed by atoms with Crippen molar-refractivity contribution in [3.63, 3.8) is 0 Å². The predicted molar refractivity (Wildman–Crippen MR) is 85.8 cm³/mol. The second-order valence-corrected chi connectivity index (χ2v) is 5.58. The quantitative estimate of drug-likeness (QED) is 0.768. The molecule has 1 atom stereocenters. The summed E-state index contributed by atoms with van der Waals surface area (Å²) in [6, 6.07) is 9.83. The lowest BCUT2D eigenvalue weighted by Gasteiger charge is -2.18. The summed E-state index contributed by atoms with van der Waals surface area (Å²) < 4.78 is 19.0. The molecule has 1 unspecified atom stereocenters. The average molecular weight is 387 g/mol. The van der Waals surface area contributed by atoms with Crippen molar-refractivity contribution >= 4 is 28.3 Å². The van der Waals surface area contributed by atoms with Crippen LogP contribution in [-0.4, -0.2) is 12.2 Å². The molecule has 0 spiro atoms. The summed E-state index contributed by atoms with van der Waals surface area (Å²) in [5.74, 6) is 0.295. The highest BCUT2D eigenvalue weighted by molar-refractivity contribution is 14.1. The van der Waals surface area contributed by atoms with Crippen LogP contribution in [0.5, 0.6) is 11.5 Å². The van der Waals surface area contributed by atoms with Gasteiger partial charge in [0, 0.05) is 15.3 Å². The first-order valence-electron chi connectivity index (χ1n) is 6.09. The Morgan fingerprint density at radius 2 is 2.00 bits per heavy atom. The van der Waals surface area contributed by atoms with E-state index in [-0.39, 0.29) is 17.6 Å². The van der Waals surface area contributed by atoms with Crippen LogP contribution in [-0.2, 0) is 0 Å². The second-order valence-electron chi connectivity index (χ2n) is 4.42. The maximum absolute atomic E-state index is 13.1. The van der Waals surface area contributed by atoms with E-state index < -0.39 is 0 Å². The zero-order chi connectivity index (χ0) is 14.7. The number of hydrogen-bond acceptors (Lipinski definition) is 3. The first kappa shape index (κ1) is 14.9. The Hall–Kier alpha value is -1.50. The standard InChI is InChI=1S/C15H15FINO2/c1-9(10-3-6-14(19)15(7-10)20-2)18-13-5-4-11(16)8-12(13)17/h3-9,18-19H,1-2H3. The summed E-state index contributed by atoms with van der Waals surface area (Å²) in [4.78, 5) is 0. The molecule has 5 heteroatoms. The number of rotatable bonds is 4. The van der Waals surface area contributed by atoms with Gasteiger partial charge < -0.3 is 15.2 Å². The highest BCUT2D eigenvalue weighted by Crippen LogP contribution is 2.31. The molecule has 2 aromatic rings. The Morgan fingerprint density at radius 3 is 2.65 bits per heavy atom. The van der Waals surface area contributed by atoms with Crippen LogP contribution in [0.4, 0.5) is 10.1 Å². The van der Waals surface area contributed by atoms with Crippen LogP contribution in [0.2, 0.25) is 0 Å². The van der Waals surface area contributed by atoms with Gasteiger partial charge in [0.25, 0.3) is 0 Å². The fourth-order valence-corrected chi connectivity index (χ4v) is 2.52. The van der Waals surface area contributed by atoms with Gasteiger partial charge in [0.1, 0.15) is 5.82 Å². The number of methoxy groups -OCH3 is 1. The normalized spacial score (nSPS) is 12.0. The van der Waals surface area contributed by atoms with E-state index in [1.165, 1.54) is 19.2 Å². The largest absolute Gasteiger partial charge is 0.504 e. The Balaban J connectivity index is 2.21. The lowest BCUT2D eigenvalue weighted by molar-refractivity contribution is 0.373. The van der Waals surface area contributed by atoms with Gasteiger partial charge in [0.2, 0.25) is 0 Å². The van der Waals surface area contributed by atoms with Gasteiger partial charge >= 0.3 is 0 Å². The molecule has 0 aliphatic heterocycles. The number of phenols is 1. The average Bonchev–Trinajstić information content (AvgIpc) is 2.42. The Labute approximate surface area is 130 Å². The topological polar surface area (TPSA) is 41.5 Å². The molecule has 0 saturated carbocycles. The number of ether oxygens (including phenoxy) is 1. The van der Waals surface area contributed by atoms with Crippen LogP contribution in [0.15, 0.2) is 36.4 Å². The van der Waals surface area contributed by atoms with Crippen molar-refractivity contribution in [1.82, 2.24) is 0 Å². The predicted octanol–water partition coefficient (Wildman–Crippen LogP) is 4.32. The highest BCUT2D eigenvalue weighted by Gasteiger charge is 2.11. The van der Waals surface area contributed by atoms with Gasteiger partial charge in [-0.25, -0.2) is 4.39 Å². The third kappa shape index (κ3) is 3.33. The molecule has 0 radical (unpaired) electrons. The van der Waals surface area contributed by atoms with Crippen LogP contribution in [0, 0.1) is 9.39 Å². The molecule has 2 rings (SSSR count). The van der Waals surface area contributed by atoms with Crippen LogP contribution < -0.4 is 10.1 Å². The summed E-state index contributed by atoms with van der Waals surface area (Å²) in [5, 5.41) is 12.9. The number of anilines is 1. The monoisotopic (exact) mass is 387 g/mol. The van der Waals surface area contributed by atoms with E-state index in [0.717, 1.165) is 14.8 Å². The SMILES string of the molecule is COc1cc(C(C)Nc2ccc(F)cc2I)ccc1O. The lowest BCUT2D eigenvalue weighted by Crippen LogP contribution is -2.08. The molecular weight excluding hydrogens is 372 g/mol. The zero-order valence-corrected chi connectivity index (χ0v) is 13.3. The molecule has 0 aliphatic carbocycles. The minimum absolute atomic E-state index is 0.00322. The molecule has 2 aromatic carbocycles. The maximum atomic E-state index is 13.1. The van der Waals surface area contributed by atoms with Crippen molar-refractivity contribution in [3.8, 4) is 11.5 Å². The molecule has 0 aromatic heterocycles. The first-order chi connectivity index (χ1) is 9.51. The maximum Gasteiger partial charge on any atom is 0.160 e. The Bertz CT molecular complexity index is 619. The van der Waals surface area contributed by atoms with Crippen molar-refractivity contribution in [2.75, 3.05) is 12.4 Å². The molecule has 0 aliphatic rings. The fraction of sp³-hybridized carbons (Fsp3) is 0.200. The third-order valence-electron chi connectivity index (χ3n) is 3.01. The van der Waals surface area contributed by atoms with Gasteiger partial charge in [-0.2, -0.15) is 0 Å². The number of aromatic hydroxyl groups is 1. The summed E-state index contributed by atoms with van der Waals surface area (Å²) in [5.41, 5.74) is 1.84. The van der Waals surface area contributed by atoms with E-state index in [1.54, 1.807) is 18.2 Å². The molecule has 0 bridgehead atoms. The summed E-state index contributed by atoms with van der Waals surface area (Å²) in [6.45, 7) is 1.99. The van der Waals surface area contributed by atoms with Gasteiger partial charge in [-0.05, 0) is 65.4 Å². The second kappa shape index (κ2) is 6.30. The summed E-state index contributed by atoms with van der Waals surface area (Å²) >= 11 is 2.09. The minimum atomic E-state index is -0.251. The van der Waals surface area contributed by atoms with Crippen molar-refractivity contribution in [3.05, 3.63) is 51.3 Å². The van der Waals surface area contributed by atoms with E-state index >= 15 is 0 Å². The fourth-order valence-electron chi connectivity index (χ4n) is 1.89. The molecule has 0 heterocycles. The van der Waals surface area contributed by atoms with Crippen LogP contribution in [0.3, 0.4) is 0 Å². The lowest BCUT2D eigenvalue weighted by atomic mass is 10.1. The van der Waals surface area contributed by atoms with Gasteiger partial charge in [0.05, 0.1) is 7.11 Å². The number of phenolic OH excluding ortho intramolecular Hbond substituents is 1. The van der Waals surface area contributed by atoms with Crippen LogP contribution >= 0.6 is 22.6 Å². The number of hydrogen-bond donors (Lipinski definition) is 2. The number of benzene rings is 2. The highest BCUT2D eigenvalue weighted by atomic mass is 127. The Kier molecular flexibility index (Phi) is 4.69. The zero-order valence-electron chi connectivity index (χ0n) is 11.2. The molecule has 106 valence electrons. The van der Waals surface area contributed by atoms with Gasteiger partial charge in [-0.1, -0.05) is 6.07 Å². The smallest absolute Gasteiger partial charge is 0.160 e. The van der Waals surface area contributed by atoms with Gasteiger partial charge in [0.15, 0.2) is 11.5 Å². The minimum Gasteiger partial charge on any atom is -0.504 e. The van der Waals surface area contributed by atoms with E-state index in [0.29, 0.717) is 5.75 Å². The van der Waals surface area contributed by atoms with Gasteiger partial charge in [-0.15, -0.1) is 0 Å². The third-order valence-corrected chi connectivity index (χ3v) is 3.90. The van der Waals surface area contributed by atoms with Crippen molar-refractivity contribution in [2.45, 2.75) is 13.0 Å². The molecular formula is C15H15FINO2. The first-order valence-corrected chi connectivity index (χ1v) is 7.17. The van der Waals surface area contributed by atoms with Crippen LogP contribution in [0.1, 0.15) is 18.5 Å². The molecule has 2 N–H and O–H groups in total. The molecule has 20 heavy (non-hydrogen) atoms. The van der Waals surface area contributed by atoms with Crippen LogP contribution in [0.25, 0.3) is 0 Å². The van der Waals surface area contributed by atoms with Crippen molar-refractivity contribution in [2.24, 2.45) is 0 Å². The molecule has 0 saturated heterocycles. The van der Waals surface area contributed by atoms with Crippen molar-refractivity contribution in [1.29, 1.82) is 0 Å². The van der Waals surface area contributed by atoms with E-state index in [2.05, 4.69) is 27.9 Å². The van der Waals surface area contributed by atoms with E-state index in [4.69, 9.17) is 4.74 Å². The van der Waals surface area contributed by atoms with E-state index in [1.807, 2.05) is 13.0 Å². The van der Waals surface area contributed by atoms with Crippen molar-refractivity contribution < 1.29 is 14.2 Å². The van der Waals surface area contributed by atoms with Gasteiger partial charge in [-0.3, -0.25) is 0 Å². The summed E-state index contributed by atoms with van der Waals surface area (Å²) in [6.07, 6.45) is 0.